The molecular formula is C30H54F4INaO8. The molecule has 0 bridgehead atoms. The topological polar surface area (TPSA) is 105 Å². The first-order valence-electron chi connectivity index (χ1n) is 14.0. The maximum absolute atomic E-state index is 12.9. The van der Waals surface area contributed by atoms with Gasteiger partial charge in [-0.05, 0) is 95.9 Å². The van der Waals surface area contributed by atoms with E-state index in [-0.39, 0.29) is 41.8 Å². The van der Waals surface area contributed by atoms with Crippen LogP contribution >= 0.6 is 22.6 Å². The zero-order valence-corrected chi connectivity index (χ0v) is 33.4. The Hall–Kier alpha value is -0.670. The molecule has 0 spiro atoms. The number of carbonyl (C=O) groups is 4. The molecule has 0 aliphatic carbocycles. The van der Waals surface area contributed by atoms with Crippen LogP contribution in [-0.4, -0.2) is 63.6 Å². The van der Waals surface area contributed by atoms with E-state index in [9.17, 15) is 36.7 Å². The van der Waals surface area contributed by atoms with E-state index in [4.69, 9.17) is 18.9 Å². The maximum Gasteiger partial charge on any atom is 1.00 e. The third-order valence-corrected chi connectivity index (χ3v) is 5.26. The fourth-order valence-electron chi connectivity index (χ4n) is 2.87. The van der Waals surface area contributed by atoms with Crippen LogP contribution in [0.25, 0.3) is 0 Å². The molecule has 0 amide bonds. The monoisotopic (exact) mass is 768 g/mol. The van der Waals surface area contributed by atoms with E-state index in [2.05, 4.69) is 0 Å². The Balaban J connectivity index is -0.000000201. The zero-order chi connectivity index (χ0) is 35.2. The molecule has 44 heavy (non-hydrogen) atoms. The Morgan fingerprint density at radius 2 is 0.886 bits per heavy atom. The van der Waals surface area contributed by atoms with Crippen LogP contribution in [0.2, 0.25) is 0 Å². The fourth-order valence-corrected chi connectivity index (χ4v) is 2.87. The molecule has 0 aromatic rings. The van der Waals surface area contributed by atoms with Gasteiger partial charge in [0.2, 0.25) is 12.9 Å². The SMILES string of the molecule is CCC(C(=O)OC(C)(C)C)C(=O)OC(C)(C)C.CCC(CC(F)F)(C(=O)OC(C)(C)C)C(=O)OC(C)(C)C.FC(F)CI.[H-].[Na+]. The molecule has 14 heteroatoms. The summed E-state index contributed by atoms with van der Waals surface area (Å²) in [4.78, 5) is 48.2. The van der Waals surface area contributed by atoms with Crippen LogP contribution in [-0.2, 0) is 38.1 Å². The van der Waals surface area contributed by atoms with Gasteiger partial charge in [-0.25, -0.2) is 17.6 Å². The van der Waals surface area contributed by atoms with Crippen LogP contribution in [0.3, 0.4) is 0 Å². The minimum Gasteiger partial charge on any atom is -1.00 e. The van der Waals surface area contributed by atoms with E-state index in [1.807, 2.05) is 0 Å². The summed E-state index contributed by atoms with van der Waals surface area (Å²) in [5.41, 5.74) is -4.91. The van der Waals surface area contributed by atoms with Gasteiger partial charge in [0.05, 0.1) is 4.43 Å². The molecule has 0 fully saturated rings. The van der Waals surface area contributed by atoms with Gasteiger partial charge in [0.15, 0.2) is 11.3 Å². The van der Waals surface area contributed by atoms with Crippen molar-refractivity contribution in [2.24, 2.45) is 11.3 Å². The number of alkyl halides is 5. The van der Waals surface area contributed by atoms with Crippen LogP contribution in [0, 0.1) is 11.3 Å². The Morgan fingerprint density at radius 1 is 0.614 bits per heavy atom. The van der Waals surface area contributed by atoms with E-state index in [1.54, 1.807) is 113 Å². The second-order valence-corrected chi connectivity index (χ2v) is 14.5. The van der Waals surface area contributed by atoms with Gasteiger partial charge in [0, 0.05) is 6.42 Å². The van der Waals surface area contributed by atoms with Gasteiger partial charge < -0.3 is 20.4 Å². The maximum atomic E-state index is 12.9. The molecule has 0 unspecified atom stereocenters. The van der Waals surface area contributed by atoms with Crippen molar-refractivity contribution in [3.05, 3.63) is 0 Å². The van der Waals surface area contributed by atoms with Crippen molar-refractivity contribution in [1.82, 2.24) is 0 Å². The molecule has 0 atom stereocenters. The minimum atomic E-state index is -2.81. The molecule has 8 nitrogen and oxygen atoms in total. The molecule has 0 aliphatic heterocycles. The quantitative estimate of drug-likeness (QED) is 0.0599. The van der Waals surface area contributed by atoms with Gasteiger partial charge in [-0.15, -0.1) is 0 Å². The second kappa shape index (κ2) is 21.3. The van der Waals surface area contributed by atoms with Crippen LogP contribution in [0.1, 0.15) is 118 Å². The number of carbonyl (C=O) groups excluding carboxylic acids is 4. The zero-order valence-electron chi connectivity index (χ0n) is 30.2. The van der Waals surface area contributed by atoms with Gasteiger partial charge in [-0.1, -0.05) is 36.4 Å². The summed E-state index contributed by atoms with van der Waals surface area (Å²) < 4.78 is 67.9. The number of hydrogen-bond acceptors (Lipinski definition) is 8. The van der Waals surface area contributed by atoms with E-state index >= 15 is 0 Å². The summed E-state index contributed by atoms with van der Waals surface area (Å²) in [5.74, 6) is -3.81. The predicted octanol–water partition coefficient (Wildman–Crippen LogP) is 5.22. The fraction of sp³-hybridized carbons (Fsp3) is 0.867. The van der Waals surface area contributed by atoms with E-state index in [1.165, 1.54) is 6.92 Å². The standard InChI is InChI=1S/C15H26F2O4.C13H24O4.C2H3F2I.Na.H/c1-8-15(9-10(16)17,11(18)20-13(2,3)4)12(19)21-14(5,6)7;1-8-9(10(14)16-12(2,3)4)11(15)17-13(5,6)7;3-2(4)1-5;;/h10H,8-9H2,1-7H3;9H,8H2,1-7H3;2H,1H2;;/q;;;+1;-1. The number of esters is 4. The number of hydrogen-bond donors (Lipinski definition) is 0. The molecule has 258 valence electrons. The van der Waals surface area contributed by atoms with Crippen LogP contribution < -0.4 is 29.6 Å². The van der Waals surface area contributed by atoms with Gasteiger partial charge in [-0.2, -0.15) is 0 Å². The van der Waals surface area contributed by atoms with Gasteiger partial charge >= 0.3 is 53.4 Å². The summed E-state index contributed by atoms with van der Waals surface area (Å²) >= 11 is 1.63. The Bertz CT molecular complexity index is 825. The normalized spacial score (nSPS) is 12.2. The van der Waals surface area contributed by atoms with Gasteiger partial charge in [0.1, 0.15) is 22.4 Å². The molecule has 0 rings (SSSR count). The minimum absolute atomic E-state index is 0. The second-order valence-electron chi connectivity index (χ2n) is 13.6. The Labute approximate surface area is 298 Å². The van der Waals surface area contributed by atoms with Crippen molar-refractivity contribution in [3.63, 3.8) is 0 Å². The third-order valence-electron chi connectivity index (χ3n) is 4.59. The Morgan fingerprint density at radius 3 is 1.05 bits per heavy atom. The number of halogens is 5. The molecule has 0 saturated heterocycles. The third kappa shape index (κ3) is 25.5. The van der Waals surface area contributed by atoms with Crippen LogP contribution in [0.15, 0.2) is 0 Å². The average Bonchev–Trinajstić information content (AvgIpc) is 2.73. The van der Waals surface area contributed by atoms with Crippen molar-refractivity contribution in [1.29, 1.82) is 0 Å². The summed E-state index contributed by atoms with van der Waals surface area (Å²) in [7, 11) is 0. The van der Waals surface area contributed by atoms with Crippen molar-refractivity contribution in [2.45, 2.75) is 151 Å². The molecule has 0 aliphatic rings. The molecule has 0 aromatic heterocycles. The van der Waals surface area contributed by atoms with Gasteiger partial charge in [-0.3, -0.25) is 19.2 Å². The molecule has 0 aromatic carbocycles. The molecule has 0 radical (unpaired) electrons. The van der Waals surface area contributed by atoms with E-state index in [0.29, 0.717) is 6.42 Å². The van der Waals surface area contributed by atoms with E-state index in [0.717, 1.165) is 0 Å². The summed E-state index contributed by atoms with van der Waals surface area (Å²) in [6, 6.07) is 0. The smallest absolute Gasteiger partial charge is 1.00 e. The Kier molecular flexibility index (Phi) is 24.2. The van der Waals surface area contributed by atoms with Crippen molar-refractivity contribution in [2.75, 3.05) is 4.43 Å². The van der Waals surface area contributed by atoms with Crippen LogP contribution in [0.4, 0.5) is 17.6 Å². The number of ether oxygens (including phenoxy) is 4. The molecular weight excluding hydrogens is 714 g/mol. The number of rotatable bonds is 9. The summed E-state index contributed by atoms with van der Waals surface area (Å²) in [5, 5.41) is 0. The summed E-state index contributed by atoms with van der Waals surface area (Å²) in [6.45, 7) is 23.6. The molecule has 0 saturated carbocycles. The van der Waals surface area contributed by atoms with Crippen LogP contribution in [0.5, 0.6) is 0 Å². The summed E-state index contributed by atoms with van der Waals surface area (Å²) in [6.07, 6.45) is -5.58. The van der Waals surface area contributed by atoms with Crippen molar-refractivity contribution < 1.29 is 86.7 Å². The van der Waals surface area contributed by atoms with Gasteiger partial charge in [0.25, 0.3) is 0 Å². The first kappa shape index (κ1) is 50.2. The first-order chi connectivity index (χ1) is 19.0. The largest absolute Gasteiger partial charge is 1.00 e. The van der Waals surface area contributed by atoms with E-state index < -0.39 is 76.9 Å². The molecule has 0 N–H and O–H groups in total. The molecule has 0 heterocycles. The van der Waals surface area contributed by atoms with Crippen molar-refractivity contribution in [3.8, 4) is 0 Å². The van der Waals surface area contributed by atoms with Crippen molar-refractivity contribution >= 4 is 46.5 Å². The first-order valence-corrected chi connectivity index (χ1v) is 15.5. The average molecular weight is 769 g/mol. The predicted molar refractivity (Wildman–Crippen MR) is 167 cm³/mol.